The highest BCUT2D eigenvalue weighted by Gasteiger charge is 2.30. The average Bonchev–Trinajstić information content (AvgIpc) is 2.97. The van der Waals surface area contributed by atoms with Gasteiger partial charge in [0.25, 0.3) is 0 Å². The van der Waals surface area contributed by atoms with E-state index >= 15 is 0 Å². The summed E-state index contributed by atoms with van der Waals surface area (Å²) in [6.07, 6.45) is 1.40. The Labute approximate surface area is 155 Å². The molecule has 0 heterocycles. The molecule has 26 heavy (non-hydrogen) atoms. The molecule has 0 radical (unpaired) electrons. The SMILES string of the molecule is Nc1cc(Cl)ccc1CNC(=O)CC(N)C1CCc2cc(F)c(F)cc21. The minimum absolute atomic E-state index is 0.0938. The molecule has 138 valence electrons. The molecule has 0 bridgehead atoms. The van der Waals surface area contributed by atoms with Crippen LogP contribution in [0.15, 0.2) is 30.3 Å². The third-order valence-corrected chi connectivity index (χ3v) is 5.06. The van der Waals surface area contributed by atoms with Crippen LogP contribution in [0.4, 0.5) is 14.5 Å². The van der Waals surface area contributed by atoms with E-state index in [1.165, 1.54) is 12.1 Å². The lowest BCUT2D eigenvalue weighted by atomic mass is 9.91. The monoisotopic (exact) mass is 379 g/mol. The minimum atomic E-state index is -0.884. The van der Waals surface area contributed by atoms with Gasteiger partial charge in [0.1, 0.15) is 0 Å². The number of fused-ring (bicyclic) bond motifs is 1. The van der Waals surface area contributed by atoms with E-state index < -0.39 is 17.7 Å². The van der Waals surface area contributed by atoms with Gasteiger partial charge in [-0.1, -0.05) is 17.7 Å². The number of benzene rings is 2. The highest BCUT2D eigenvalue weighted by Crippen LogP contribution is 2.36. The Hall–Kier alpha value is -2.18. The van der Waals surface area contributed by atoms with E-state index in [1.54, 1.807) is 18.2 Å². The molecule has 1 aliphatic rings. The molecule has 0 fully saturated rings. The van der Waals surface area contributed by atoms with Crippen LogP contribution < -0.4 is 16.8 Å². The summed E-state index contributed by atoms with van der Waals surface area (Å²) in [5.41, 5.74) is 14.8. The van der Waals surface area contributed by atoms with Crippen molar-refractivity contribution in [2.24, 2.45) is 5.73 Å². The van der Waals surface area contributed by atoms with Gasteiger partial charge in [-0.15, -0.1) is 0 Å². The highest BCUT2D eigenvalue weighted by atomic mass is 35.5. The molecule has 5 N–H and O–H groups in total. The summed E-state index contributed by atoms with van der Waals surface area (Å²) < 4.78 is 26.9. The Morgan fingerprint density at radius 3 is 2.73 bits per heavy atom. The predicted octanol–water partition coefficient (Wildman–Crippen LogP) is 3.26. The zero-order valence-electron chi connectivity index (χ0n) is 14.1. The summed E-state index contributed by atoms with van der Waals surface area (Å²) in [5, 5.41) is 3.31. The first-order chi connectivity index (χ1) is 12.3. The van der Waals surface area contributed by atoms with Gasteiger partial charge in [-0.25, -0.2) is 8.78 Å². The fourth-order valence-electron chi connectivity index (χ4n) is 3.43. The van der Waals surface area contributed by atoms with Crippen LogP contribution in [0.2, 0.25) is 5.02 Å². The van der Waals surface area contributed by atoms with Crippen molar-refractivity contribution in [1.82, 2.24) is 5.32 Å². The van der Waals surface area contributed by atoms with Gasteiger partial charge in [0.05, 0.1) is 0 Å². The first kappa shape index (κ1) is 18.6. The molecule has 2 aromatic carbocycles. The number of nitrogens with two attached hydrogens (primary N) is 2. The maximum absolute atomic E-state index is 13.5. The van der Waals surface area contributed by atoms with Crippen LogP contribution in [-0.4, -0.2) is 11.9 Å². The van der Waals surface area contributed by atoms with Crippen LogP contribution >= 0.6 is 11.6 Å². The van der Waals surface area contributed by atoms with E-state index in [9.17, 15) is 13.6 Å². The standard InChI is InChI=1S/C19H20ClF2N3O/c20-12-3-1-11(17(23)6-12)9-25-19(26)8-18(24)13-4-2-10-5-15(21)16(22)7-14(10)13/h1,3,5-7,13,18H,2,4,8-9,23-24H2,(H,25,26). The number of rotatable bonds is 5. The molecule has 1 aliphatic carbocycles. The van der Waals surface area contributed by atoms with Gasteiger partial charge in [-0.05, 0) is 53.8 Å². The fourth-order valence-corrected chi connectivity index (χ4v) is 3.61. The van der Waals surface area contributed by atoms with Crippen molar-refractivity contribution < 1.29 is 13.6 Å². The van der Waals surface area contributed by atoms with Gasteiger partial charge in [0.2, 0.25) is 5.91 Å². The van der Waals surface area contributed by atoms with Crippen molar-refractivity contribution in [2.75, 3.05) is 5.73 Å². The molecule has 1 amide bonds. The average molecular weight is 380 g/mol. The first-order valence-electron chi connectivity index (χ1n) is 8.39. The summed E-state index contributed by atoms with van der Waals surface area (Å²) in [5.74, 6) is -2.11. The molecular formula is C19H20ClF2N3O. The Balaban J connectivity index is 1.60. The van der Waals surface area contributed by atoms with Crippen molar-refractivity contribution in [3.63, 3.8) is 0 Å². The van der Waals surface area contributed by atoms with Gasteiger partial charge < -0.3 is 16.8 Å². The van der Waals surface area contributed by atoms with E-state index in [0.717, 1.165) is 11.1 Å². The summed E-state index contributed by atoms with van der Waals surface area (Å²) in [6, 6.07) is 7.04. The van der Waals surface area contributed by atoms with Gasteiger partial charge >= 0.3 is 0 Å². The van der Waals surface area contributed by atoms with Crippen molar-refractivity contribution in [2.45, 2.75) is 37.8 Å². The number of nitrogen functional groups attached to an aromatic ring is 1. The minimum Gasteiger partial charge on any atom is -0.398 e. The topological polar surface area (TPSA) is 81.1 Å². The lowest BCUT2D eigenvalue weighted by Crippen LogP contribution is -2.35. The predicted molar refractivity (Wildman–Crippen MR) is 97.7 cm³/mol. The van der Waals surface area contributed by atoms with Crippen molar-refractivity contribution >= 4 is 23.2 Å². The van der Waals surface area contributed by atoms with Crippen molar-refractivity contribution in [3.8, 4) is 0 Å². The highest BCUT2D eigenvalue weighted by molar-refractivity contribution is 6.30. The molecule has 0 aliphatic heterocycles. The van der Waals surface area contributed by atoms with E-state index in [0.29, 0.717) is 29.1 Å². The number of anilines is 1. The second-order valence-corrected chi connectivity index (χ2v) is 7.03. The molecular weight excluding hydrogens is 360 g/mol. The molecule has 7 heteroatoms. The van der Waals surface area contributed by atoms with E-state index in [1.807, 2.05) is 0 Å². The number of nitrogens with one attached hydrogen (secondary N) is 1. The molecule has 2 atom stereocenters. The van der Waals surface area contributed by atoms with Gasteiger partial charge in [0.15, 0.2) is 11.6 Å². The fraction of sp³-hybridized carbons (Fsp3) is 0.316. The zero-order chi connectivity index (χ0) is 18.8. The normalized spacial score (nSPS) is 17.0. The lowest BCUT2D eigenvalue weighted by Gasteiger charge is -2.20. The molecule has 2 unspecified atom stereocenters. The number of amides is 1. The maximum Gasteiger partial charge on any atom is 0.221 e. The number of halogens is 3. The van der Waals surface area contributed by atoms with Crippen molar-refractivity contribution in [1.29, 1.82) is 0 Å². The van der Waals surface area contributed by atoms with E-state index in [2.05, 4.69) is 5.32 Å². The number of aryl methyl sites for hydroxylation is 1. The third kappa shape index (κ3) is 3.97. The second kappa shape index (κ2) is 7.60. The summed E-state index contributed by atoms with van der Waals surface area (Å²) >= 11 is 5.85. The molecule has 0 spiro atoms. The molecule has 2 aromatic rings. The maximum atomic E-state index is 13.5. The largest absolute Gasteiger partial charge is 0.398 e. The number of hydrogen-bond donors (Lipinski definition) is 3. The number of carbonyl (C=O) groups is 1. The second-order valence-electron chi connectivity index (χ2n) is 6.60. The molecule has 0 aromatic heterocycles. The van der Waals surface area contributed by atoms with Crippen LogP contribution in [-0.2, 0) is 17.8 Å². The summed E-state index contributed by atoms with van der Waals surface area (Å²) in [6.45, 7) is 0.273. The van der Waals surface area contributed by atoms with Crippen LogP contribution in [0.3, 0.4) is 0 Å². The van der Waals surface area contributed by atoms with Gasteiger partial charge in [-0.2, -0.15) is 0 Å². The molecule has 3 rings (SSSR count). The van der Waals surface area contributed by atoms with E-state index in [-0.39, 0.29) is 24.8 Å². The summed E-state index contributed by atoms with van der Waals surface area (Å²) in [7, 11) is 0. The third-order valence-electron chi connectivity index (χ3n) is 4.83. The van der Waals surface area contributed by atoms with Crippen LogP contribution in [0, 0.1) is 11.6 Å². The molecule has 0 saturated carbocycles. The molecule has 4 nitrogen and oxygen atoms in total. The number of carbonyl (C=O) groups excluding carboxylic acids is 1. The number of hydrogen-bond acceptors (Lipinski definition) is 3. The Morgan fingerprint density at radius 1 is 1.27 bits per heavy atom. The Bertz CT molecular complexity index is 844. The smallest absolute Gasteiger partial charge is 0.221 e. The van der Waals surface area contributed by atoms with Gasteiger partial charge in [0, 0.05) is 35.6 Å². The first-order valence-corrected chi connectivity index (χ1v) is 8.77. The molecule has 0 saturated heterocycles. The van der Waals surface area contributed by atoms with E-state index in [4.69, 9.17) is 23.1 Å². The van der Waals surface area contributed by atoms with Gasteiger partial charge in [-0.3, -0.25) is 4.79 Å². The summed E-state index contributed by atoms with van der Waals surface area (Å²) in [4.78, 5) is 12.2. The van der Waals surface area contributed by atoms with Crippen molar-refractivity contribution in [3.05, 3.63) is 63.7 Å². The van der Waals surface area contributed by atoms with Crippen LogP contribution in [0.25, 0.3) is 0 Å². The van der Waals surface area contributed by atoms with Crippen LogP contribution in [0.1, 0.15) is 35.4 Å². The quantitative estimate of drug-likeness (QED) is 0.697. The van der Waals surface area contributed by atoms with Crippen LogP contribution in [0.5, 0.6) is 0 Å². The lowest BCUT2D eigenvalue weighted by molar-refractivity contribution is -0.121. The Morgan fingerprint density at radius 2 is 2.00 bits per heavy atom. The zero-order valence-corrected chi connectivity index (χ0v) is 14.8. The Kier molecular flexibility index (Phi) is 5.44.